The van der Waals surface area contributed by atoms with Gasteiger partial charge >= 0.3 is 0 Å². The van der Waals surface area contributed by atoms with Crippen LogP contribution in [0.1, 0.15) is 94.4 Å². The highest BCUT2D eigenvalue weighted by Gasteiger charge is 2.59. The van der Waals surface area contributed by atoms with Gasteiger partial charge in [-0.1, -0.05) is 245 Å². The Bertz CT molecular complexity index is 3680. The molecule has 0 saturated carbocycles. The summed E-state index contributed by atoms with van der Waals surface area (Å²) in [5.41, 5.74) is 17.5. The highest BCUT2D eigenvalue weighted by atomic mass is 16.5. The van der Waals surface area contributed by atoms with E-state index in [2.05, 4.69) is 257 Å². The number of para-hydroxylation sites is 2. The van der Waals surface area contributed by atoms with Crippen molar-refractivity contribution in [1.82, 2.24) is 0 Å². The predicted molar refractivity (Wildman–Crippen MR) is 292 cm³/mol. The molecule has 0 radical (unpaired) electrons. The van der Waals surface area contributed by atoms with Gasteiger partial charge in [-0.2, -0.15) is 0 Å². The van der Waals surface area contributed by atoms with Gasteiger partial charge < -0.3 is 4.74 Å². The second-order valence-electron chi connectivity index (χ2n) is 19.4. The summed E-state index contributed by atoms with van der Waals surface area (Å²) in [5.74, 6) is 2.70. The van der Waals surface area contributed by atoms with Crippen molar-refractivity contribution >= 4 is 22.3 Å². The van der Waals surface area contributed by atoms with E-state index >= 15 is 0 Å². The first kappa shape index (κ1) is 42.7. The molecule has 2 unspecified atom stereocenters. The maximum Gasteiger partial charge on any atom is 0.156 e. The molecule has 0 amide bonds. The van der Waals surface area contributed by atoms with Crippen LogP contribution in [0.4, 0.5) is 0 Å². The quantitative estimate of drug-likeness (QED) is 0.116. The normalized spacial score (nSPS) is 15.4. The Balaban J connectivity index is 1.10. The van der Waals surface area contributed by atoms with Crippen LogP contribution in [-0.2, 0) is 10.8 Å². The Hall–Kier alpha value is -8.40. The molecule has 340 valence electrons. The average molecular weight is 913 g/mol. The predicted octanol–water partition coefficient (Wildman–Crippen LogP) is 16.7. The third-order valence-electron chi connectivity index (χ3n) is 15.9. The second-order valence-corrected chi connectivity index (χ2v) is 19.4. The molecule has 10 aromatic carbocycles. The zero-order chi connectivity index (χ0) is 47.7. The molecule has 1 heterocycles. The maximum absolute atomic E-state index is 6.78. The van der Waals surface area contributed by atoms with E-state index in [0.29, 0.717) is 0 Å². The zero-order valence-corrected chi connectivity index (χ0v) is 40.2. The molecular formula is C68H52N2O. The van der Waals surface area contributed by atoms with E-state index in [1.807, 2.05) is 0 Å². The summed E-state index contributed by atoms with van der Waals surface area (Å²) < 4.78 is 6.78. The minimum absolute atomic E-state index is 0.192. The number of hydrogen-bond donors (Lipinski definition) is 0. The highest BCUT2D eigenvalue weighted by molar-refractivity contribution is 6.15. The lowest BCUT2D eigenvalue weighted by Crippen LogP contribution is -2.45. The first-order chi connectivity index (χ1) is 35.0. The summed E-state index contributed by atoms with van der Waals surface area (Å²) in [6, 6.07) is 86.3. The van der Waals surface area contributed by atoms with Crippen LogP contribution in [0.15, 0.2) is 247 Å². The first-order valence-corrected chi connectivity index (χ1v) is 25.1. The zero-order valence-electron chi connectivity index (χ0n) is 40.2. The molecule has 0 saturated heterocycles. The Labute approximate surface area is 416 Å². The SMILES string of the molecule is CCC(C)C(/N=C(\N=C(/C)c1ccccc1)c1cccc2c1-c1ccccc1C21c2ccccc2C2(c3ccccc3Oc3ccccc32)c2ccccc21)c1ccc(-c2ccccc2)c2ccccc12. The van der Waals surface area contributed by atoms with Gasteiger partial charge in [0.1, 0.15) is 11.5 Å². The van der Waals surface area contributed by atoms with Gasteiger partial charge in [-0.05, 0) is 103 Å². The van der Waals surface area contributed by atoms with E-state index in [9.17, 15) is 0 Å². The lowest BCUT2D eigenvalue weighted by Gasteiger charge is -2.51. The van der Waals surface area contributed by atoms with Gasteiger partial charge in [-0.25, -0.2) is 4.99 Å². The molecule has 10 aromatic rings. The summed E-state index contributed by atoms with van der Waals surface area (Å²) in [5, 5.41) is 2.44. The lowest BCUT2D eigenvalue weighted by molar-refractivity contribution is 0.429. The standard InChI is InChI=1S/C68H52N2O/c1-4-44(2)65(51-43-42-48(47-26-9-6-10-27-47)49-28-11-12-29-50(49)51)70-66(69-45(3)46-24-7-5-8-25-46)53-31-23-39-61-64(53)52-30-13-14-32-54(52)67(61)55-33-15-17-35-57(55)68(58-36-18-16-34-56(58)67)59-37-19-21-40-62(59)71-63-41-22-20-38-60(63)68/h5-44,65H,4H2,1-3H3/b69-45+,70-66-. The van der Waals surface area contributed by atoms with Gasteiger partial charge in [0.15, 0.2) is 5.84 Å². The molecule has 3 aliphatic rings. The van der Waals surface area contributed by atoms with Crippen molar-refractivity contribution in [2.75, 3.05) is 0 Å². The van der Waals surface area contributed by atoms with E-state index in [4.69, 9.17) is 14.7 Å². The van der Waals surface area contributed by atoms with Gasteiger partial charge in [0.2, 0.25) is 0 Å². The Kier molecular flexibility index (Phi) is 10.2. The van der Waals surface area contributed by atoms with E-state index in [0.717, 1.165) is 51.7 Å². The van der Waals surface area contributed by atoms with E-state index < -0.39 is 10.8 Å². The average Bonchev–Trinajstić information content (AvgIpc) is 3.76. The van der Waals surface area contributed by atoms with Crippen molar-refractivity contribution in [3.05, 3.63) is 298 Å². The molecule has 1 aliphatic heterocycles. The molecule has 0 aromatic heterocycles. The minimum atomic E-state index is -0.675. The van der Waals surface area contributed by atoms with Crippen molar-refractivity contribution in [2.45, 2.75) is 44.1 Å². The van der Waals surface area contributed by atoms with E-state index in [1.165, 1.54) is 72.0 Å². The number of fused-ring (bicyclic) bond motifs is 16. The topological polar surface area (TPSA) is 34.0 Å². The molecule has 0 bridgehead atoms. The summed E-state index contributed by atoms with van der Waals surface area (Å²) in [6.07, 6.45) is 0.947. The van der Waals surface area contributed by atoms with E-state index in [1.54, 1.807) is 0 Å². The number of benzene rings is 10. The largest absolute Gasteiger partial charge is 0.457 e. The Morgan fingerprint density at radius 1 is 0.451 bits per heavy atom. The molecule has 13 rings (SSSR count). The van der Waals surface area contributed by atoms with Crippen molar-refractivity contribution in [2.24, 2.45) is 15.9 Å². The number of nitrogens with zero attached hydrogens (tertiary/aromatic N) is 2. The fourth-order valence-electron chi connectivity index (χ4n) is 12.6. The van der Waals surface area contributed by atoms with Crippen LogP contribution in [0.5, 0.6) is 11.5 Å². The van der Waals surface area contributed by atoms with Crippen LogP contribution < -0.4 is 4.74 Å². The van der Waals surface area contributed by atoms with Crippen LogP contribution in [0.2, 0.25) is 0 Å². The monoisotopic (exact) mass is 912 g/mol. The first-order valence-electron chi connectivity index (χ1n) is 25.1. The molecule has 0 fully saturated rings. The highest BCUT2D eigenvalue weighted by Crippen LogP contribution is 2.67. The summed E-state index contributed by atoms with van der Waals surface area (Å²) in [7, 11) is 0. The maximum atomic E-state index is 6.78. The fourth-order valence-corrected chi connectivity index (χ4v) is 12.6. The molecular weight excluding hydrogens is 861 g/mol. The van der Waals surface area contributed by atoms with Crippen molar-refractivity contribution in [3.8, 4) is 33.8 Å². The van der Waals surface area contributed by atoms with Crippen LogP contribution in [0.3, 0.4) is 0 Å². The van der Waals surface area contributed by atoms with Crippen LogP contribution in [0.25, 0.3) is 33.0 Å². The summed E-state index contributed by atoms with van der Waals surface area (Å²) in [6.45, 7) is 6.76. The van der Waals surface area contributed by atoms with Gasteiger partial charge in [0.05, 0.1) is 16.9 Å². The Morgan fingerprint density at radius 2 is 0.944 bits per heavy atom. The Morgan fingerprint density at radius 3 is 1.56 bits per heavy atom. The van der Waals surface area contributed by atoms with Gasteiger partial charge in [-0.15, -0.1) is 0 Å². The van der Waals surface area contributed by atoms with E-state index in [-0.39, 0.29) is 12.0 Å². The third kappa shape index (κ3) is 6.28. The molecule has 3 heteroatoms. The second kappa shape index (κ2) is 16.9. The molecule has 71 heavy (non-hydrogen) atoms. The summed E-state index contributed by atoms with van der Waals surface area (Å²) >= 11 is 0. The summed E-state index contributed by atoms with van der Waals surface area (Å²) in [4.78, 5) is 11.7. The third-order valence-corrected chi connectivity index (χ3v) is 15.9. The van der Waals surface area contributed by atoms with Crippen molar-refractivity contribution in [3.63, 3.8) is 0 Å². The number of ether oxygens (including phenoxy) is 1. The lowest BCUT2D eigenvalue weighted by atomic mass is 9.51. The smallest absolute Gasteiger partial charge is 0.156 e. The van der Waals surface area contributed by atoms with Crippen molar-refractivity contribution in [1.29, 1.82) is 0 Å². The number of hydrogen-bond acceptors (Lipinski definition) is 2. The van der Waals surface area contributed by atoms with Gasteiger partial charge in [0.25, 0.3) is 0 Å². The molecule has 0 N–H and O–H groups in total. The van der Waals surface area contributed by atoms with Crippen LogP contribution in [0, 0.1) is 5.92 Å². The number of aliphatic imine (C=N–C) groups is 2. The molecule has 2 spiro atoms. The number of rotatable bonds is 7. The number of amidine groups is 1. The fraction of sp³-hybridized carbons (Fsp3) is 0.118. The van der Waals surface area contributed by atoms with Crippen LogP contribution in [-0.4, -0.2) is 11.5 Å². The molecule has 2 atom stereocenters. The molecule has 2 aliphatic carbocycles. The van der Waals surface area contributed by atoms with Crippen LogP contribution >= 0.6 is 0 Å². The molecule has 3 nitrogen and oxygen atoms in total. The van der Waals surface area contributed by atoms with Gasteiger partial charge in [-0.3, -0.25) is 4.99 Å². The van der Waals surface area contributed by atoms with Crippen molar-refractivity contribution < 1.29 is 4.74 Å². The minimum Gasteiger partial charge on any atom is -0.457 e. The van der Waals surface area contributed by atoms with Gasteiger partial charge in [0, 0.05) is 22.4 Å².